The lowest BCUT2D eigenvalue weighted by Gasteiger charge is -2.32. The molecule has 1 aliphatic rings. The van der Waals surface area contributed by atoms with Crippen molar-refractivity contribution in [2.24, 2.45) is 5.41 Å². The van der Waals surface area contributed by atoms with E-state index in [1.54, 1.807) is 23.1 Å². The van der Waals surface area contributed by atoms with Gasteiger partial charge < -0.3 is 19.9 Å². The molecule has 0 fully saturated rings. The van der Waals surface area contributed by atoms with E-state index in [2.05, 4.69) is 42.0 Å². The van der Waals surface area contributed by atoms with Crippen LogP contribution in [0, 0.1) is 5.41 Å². The molecule has 0 saturated carbocycles. The SMILES string of the molecule is CCC(C)(C)CC1=C(OC=O)C(c2ccc(Oc3ccccc3Br)s2)N(C(=O)Cc2ccccc2)c2cccc(O)c2N1. The Balaban J connectivity index is 1.70. The van der Waals surface area contributed by atoms with Gasteiger partial charge in [-0.2, -0.15) is 0 Å². The van der Waals surface area contributed by atoms with E-state index in [9.17, 15) is 14.7 Å². The summed E-state index contributed by atoms with van der Waals surface area (Å²) < 4.78 is 12.8. The van der Waals surface area contributed by atoms with Gasteiger partial charge in [0.25, 0.3) is 6.47 Å². The standard InChI is InChI=1S/C34H33BrN2O5S/c1-4-34(2,3)20-24-33(41-21-38)32(28-17-18-30(43-28)42-27-16-9-8-13-23(27)35)37(25-14-10-15-26(39)31(25)36-24)29(40)19-22-11-6-5-7-12-22/h5-18,21,32,36,39H,4,19-20H2,1-3H3. The number of benzene rings is 3. The Labute approximate surface area is 263 Å². The molecule has 0 aliphatic carbocycles. The van der Waals surface area contributed by atoms with E-state index in [-0.39, 0.29) is 23.5 Å². The van der Waals surface area contributed by atoms with Crippen LogP contribution >= 0.6 is 27.3 Å². The number of phenols is 1. The van der Waals surface area contributed by atoms with E-state index < -0.39 is 6.04 Å². The van der Waals surface area contributed by atoms with Crippen LogP contribution < -0.4 is 15.0 Å². The van der Waals surface area contributed by atoms with Crippen molar-refractivity contribution in [3.8, 4) is 16.6 Å². The number of phenolic OH excluding ortho intramolecular Hbond substituents is 1. The molecule has 4 aromatic rings. The van der Waals surface area contributed by atoms with Crippen molar-refractivity contribution < 1.29 is 24.2 Å². The number of fused-ring (bicyclic) bond motifs is 1. The number of halogens is 1. The average molecular weight is 662 g/mol. The maximum Gasteiger partial charge on any atom is 0.298 e. The summed E-state index contributed by atoms with van der Waals surface area (Å²) in [6.45, 7) is 6.74. The lowest BCUT2D eigenvalue weighted by Crippen LogP contribution is -2.37. The quantitative estimate of drug-likeness (QED) is 0.130. The monoisotopic (exact) mass is 660 g/mol. The molecule has 43 heavy (non-hydrogen) atoms. The van der Waals surface area contributed by atoms with Crippen molar-refractivity contribution in [3.63, 3.8) is 0 Å². The molecular formula is C34H33BrN2O5S. The van der Waals surface area contributed by atoms with Crippen LogP contribution in [0.3, 0.4) is 0 Å². The zero-order chi connectivity index (χ0) is 30.6. The molecular weight excluding hydrogens is 628 g/mol. The van der Waals surface area contributed by atoms with Crippen molar-refractivity contribution in [1.82, 2.24) is 0 Å². The molecule has 0 bridgehead atoms. The maximum absolute atomic E-state index is 14.3. The summed E-state index contributed by atoms with van der Waals surface area (Å²) in [4.78, 5) is 28.8. The number of anilines is 2. The summed E-state index contributed by atoms with van der Waals surface area (Å²) in [6.07, 6.45) is 1.45. The van der Waals surface area contributed by atoms with Crippen LogP contribution in [0.25, 0.3) is 0 Å². The van der Waals surface area contributed by atoms with Gasteiger partial charge in [0.2, 0.25) is 5.91 Å². The number of aromatic hydroxyl groups is 1. The third kappa shape index (κ3) is 6.78. The fourth-order valence-corrected chi connectivity index (χ4v) is 6.30. The van der Waals surface area contributed by atoms with Gasteiger partial charge in [-0.1, -0.05) is 75.7 Å². The predicted octanol–water partition coefficient (Wildman–Crippen LogP) is 8.96. The number of allylic oxidation sites excluding steroid dienone is 1. The van der Waals surface area contributed by atoms with Gasteiger partial charge in [-0.05, 0) is 69.7 Å². The number of nitrogens with zero attached hydrogens (tertiary/aromatic N) is 1. The van der Waals surface area contributed by atoms with Crippen LogP contribution in [0.1, 0.15) is 50.1 Å². The van der Waals surface area contributed by atoms with Gasteiger partial charge in [0.1, 0.15) is 23.2 Å². The molecule has 7 nitrogen and oxygen atoms in total. The molecule has 1 aliphatic heterocycles. The molecule has 1 aromatic heterocycles. The summed E-state index contributed by atoms with van der Waals surface area (Å²) in [6, 6.07) is 25.0. The Hall–Kier alpha value is -4.08. The van der Waals surface area contributed by atoms with Crippen molar-refractivity contribution in [3.05, 3.63) is 111 Å². The molecule has 0 spiro atoms. The topological polar surface area (TPSA) is 88.1 Å². The average Bonchev–Trinajstić information content (AvgIpc) is 3.40. The van der Waals surface area contributed by atoms with E-state index >= 15 is 0 Å². The summed E-state index contributed by atoms with van der Waals surface area (Å²) in [7, 11) is 0. The number of para-hydroxylation sites is 2. The van der Waals surface area contributed by atoms with Crippen molar-refractivity contribution >= 4 is 51.0 Å². The number of carbonyl (C=O) groups excluding carboxylic acids is 2. The molecule has 1 amide bonds. The molecule has 1 atom stereocenters. The predicted molar refractivity (Wildman–Crippen MR) is 174 cm³/mol. The highest BCUT2D eigenvalue weighted by Gasteiger charge is 2.40. The third-order valence-electron chi connectivity index (χ3n) is 7.53. The highest BCUT2D eigenvalue weighted by atomic mass is 79.9. The minimum Gasteiger partial charge on any atom is -0.506 e. The highest BCUT2D eigenvalue weighted by molar-refractivity contribution is 9.10. The number of ether oxygens (including phenoxy) is 2. The van der Waals surface area contributed by atoms with Gasteiger partial charge >= 0.3 is 0 Å². The Morgan fingerprint density at radius 3 is 2.51 bits per heavy atom. The van der Waals surface area contributed by atoms with Gasteiger partial charge in [0.05, 0.1) is 22.3 Å². The van der Waals surface area contributed by atoms with Crippen LogP contribution in [0.5, 0.6) is 16.6 Å². The van der Waals surface area contributed by atoms with Crippen molar-refractivity contribution in [2.75, 3.05) is 10.2 Å². The Bertz CT molecular complexity index is 1650. The number of rotatable bonds is 10. The highest BCUT2D eigenvalue weighted by Crippen LogP contribution is 2.49. The second-order valence-electron chi connectivity index (χ2n) is 11.1. The van der Waals surface area contributed by atoms with E-state index in [0.29, 0.717) is 46.5 Å². The first-order chi connectivity index (χ1) is 20.7. The van der Waals surface area contributed by atoms with Crippen molar-refractivity contribution in [2.45, 2.75) is 46.1 Å². The maximum atomic E-state index is 14.3. The third-order valence-corrected chi connectivity index (χ3v) is 9.20. The second kappa shape index (κ2) is 13.1. The number of nitrogens with one attached hydrogen (secondary N) is 1. The summed E-state index contributed by atoms with van der Waals surface area (Å²) in [5.74, 6) is 0.699. The van der Waals surface area contributed by atoms with Crippen molar-refractivity contribution in [1.29, 1.82) is 0 Å². The summed E-state index contributed by atoms with van der Waals surface area (Å²) in [5, 5.41) is 15.0. The van der Waals surface area contributed by atoms with Crippen LogP contribution in [0.2, 0.25) is 0 Å². The van der Waals surface area contributed by atoms with E-state index in [0.717, 1.165) is 21.3 Å². The smallest absolute Gasteiger partial charge is 0.298 e. The van der Waals surface area contributed by atoms with Crippen LogP contribution in [-0.4, -0.2) is 17.5 Å². The van der Waals surface area contributed by atoms with Crippen LogP contribution in [0.4, 0.5) is 11.4 Å². The van der Waals surface area contributed by atoms with Gasteiger partial charge in [-0.25, -0.2) is 0 Å². The van der Waals surface area contributed by atoms with E-state index in [1.807, 2.05) is 66.7 Å². The zero-order valence-electron chi connectivity index (χ0n) is 24.2. The number of hydrogen-bond donors (Lipinski definition) is 2. The molecule has 222 valence electrons. The van der Waals surface area contributed by atoms with Gasteiger partial charge in [-0.3, -0.25) is 14.5 Å². The first-order valence-electron chi connectivity index (χ1n) is 14.0. The first-order valence-corrected chi connectivity index (χ1v) is 15.6. The molecule has 1 unspecified atom stereocenters. The number of hydrogen-bond acceptors (Lipinski definition) is 7. The van der Waals surface area contributed by atoms with Crippen LogP contribution in [-0.2, 0) is 20.7 Å². The molecule has 2 heterocycles. The second-order valence-corrected chi connectivity index (χ2v) is 13.0. The normalized spacial score (nSPS) is 14.9. The summed E-state index contributed by atoms with van der Waals surface area (Å²) in [5.41, 5.74) is 2.12. The minimum absolute atomic E-state index is 0.0166. The van der Waals surface area contributed by atoms with Gasteiger partial charge in [0, 0.05) is 4.88 Å². The molecule has 5 rings (SSSR count). The van der Waals surface area contributed by atoms with Crippen LogP contribution in [0.15, 0.2) is 101 Å². The fraction of sp³-hybridized carbons (Fsp3) is 0.235. The molecule has 3 aromatic carbocycles. The van der Waals surface area contributed by atoms with Gasteiger partial charge in [-0.15, -0.1) is 11.3 Å². The molecule has 0 radical (unpaired) electrons. The number of carbonyl (C=O) groups is 2. The minimum atomic E-state index is -0.818. The number of thiophene rings is 1. The number of amides is 1. The Morgan fingerprint density at radius 2 is 1.79 bits per heavy atom. The molecule has 0 saturated heterocycles. The lowest BCUT2D eigenvalue weighted by molar-refractivity contribution is -0.126. The zero-order valence-corrected chi connectivity index (χ0v) is 26.6. The molecule has 2 N–H and O–H groups in total. The molecule has 9 heteroatoms. The first kappa shape index (κ1) is 30.4. The summed E-state index contributed by atoms with van der Waals surface area (Å²) >= 11 is 4.89. The largest absolute Gasteiger partial charge is 0.506 e. The Morgan fingerprint density at radius 1 is 1.05 bits per heavy atom. The van der Waals surface area contributed by atoms with E-state index in [1.165, 1.54) is 11.3 Å². The lowest BCUT2D eigenvalue weighted by atomic mass is 9.84. The van der Waals surface area contributed by atoms with E-state index in [4.69, 9.17) is 9.47 Å². The van der Waals surface area contributed by atoms with Gasteiger partial charge in [0.15, 0.2) is 10.8 Å². The fourth-order valence-electron chi connectivity index (χ4n) is 4.98. The Kier molecular flexibility index (Phi) is 9.22.